The lowest BCUT2D eigenvalue weighted by Gasteiger charge is -2.08. The predicted octanol–water partition coefficient (Wildman–Crippen LogP) is 5.51. The summed E-state index contributed by atoms with van der Waals surface area (Å²) in [6.45, 7) is 0. The standard InChI is InChI=1S/C22H17BrN4O/c1-28-18-12-6-15(7-13-18)14-24-27-22-19-4-2-3-5-20(19)25-21(26-22)16-8-10-17(23)11-9-16/h2-14H,1H3,(H,25,26,27)/b24-14-. The zero-order valence-corrected chi connectivity index (χ0v) is 16.7. The van der Waals surface area contributed by atoms with E-state index in [2.05, 4.69) is 36.4 Å². The predicted molar refractivity (Wildman–Crippen MR) is 117 cm³/mol. The molecule has 0 saturated heterocycles. The van der Waals surface area contributed by atoms with Crippen molar-refractivity contribution in [3.8, 4) is 17.1 Å². The summed E-state index contributed by atoms with van der Waals surface area (Å²) in [6, 6.07) is 23.5. The third-order valence-corrected chi connectivity index (χ3v) is 4.73. The molecule has 0 saturated carbocycles. The number of hydrogen-bond donors (Lipinski definition) is 1. The Labute approximate surface area is 171 Å². The van der Waals surface area contributed by atoms with Gasteiger partial charge in [-0.05, 0) is 54.1 Å². The maximum absolute atomic E-state index is 5.17. The van der Waals surface area contributed by atoms with E-state index in [0.29, 0.717) is 11.6 Å². The van der Waals surface area contributed by atoms with E-state index in [9.17, 15) is 0 Å². The molecule has 5 nitrogen and oxygen atoms in total. The van der Waals surface area contributed by atoms with Crippen LogP contribution >= 0.6 is 15.9 Å². The summed E-state index contributed by atoms with van der Waals surface area (Å²) in [7, 11) is 1.65. The molecular formula is C22H17BrN4O. The average Bonchev–Trinajstić information content (AvgIpc) is 2.74. The van der Waals surface area contributed by atoms with Crippen molar-refractivity contribution in [2.24, 2.45) is 5.10 Å². The summed E-state index contributed by atoms with van der Waals surface area (Å²) in [6.07, 6.45) is 1.75. The molecule has 0 unspecified atom stereocenters. The Morgan fingerprint density at radius 2 is 1.68 bits per heavy atom. The molecule has 1 N–H and O–H groups in total. The monoisotopic (exact) mass is 432 g/mol. The normalized spacial score (nSPS) is 11.1. The fourth-order valence-corrected chi connectivity index (χ4v) is 3.01. The highest BCUT2D eigenvalue weighted by Gasteiger charge is 2.08. The highest BCUT2D eigenvalue weighted by molar-refractivity contribution is 9.10. The molecule has 0 amide bonds. The van der Waals surface area contributed by atoms with Crippen LogP contribution in [0, 0.1) is 0 Å². The molecule has 28 heavy (non-hydrogen) atoms. The number of methoxy groups -OCH3 is 1. The summed E-state index contributed by atoms with van der Waals surface area (Å²) >= 11 is 3.46. The highest BCUT2D eigenvalue weighted by Crippen LogP contribution is 2.25. The number of fused-ring (bicyclic) bond motifs is 1. The van der Waals surface area contributed by atoms with Crippen LogP contribution in [0.3, 0.4) is 0 Å². The number of benzene rings is 3. The summed E-state index contributed by atoms with van der Waals surface area (Å²) in [5.74, 6) is 2.12. The number of aromatic nitrogens is 2. The van der Waals surface area contributed by atoms with Gasteiger partial charge in [-0.15, -0.1) is 0 Å². The maximum atomic E-state index is 5.17. The number of nitrogens with one attached hydrogen (secondary N) is 1. The third kappa shape index (κ3) is 4.02. The topological polar surface area (TPSA) is 59.4 Å². The average molecular weight is 433 g/mol. The molecule has 0 fully saturated rings. The van der Waals surface area contributed by atoms with Crippen LogP contribution in [0.4, 0.5) is 5.82 Å². The first-order chi connectivity index (χ1) is 13.7. The molecule has 0 atom stereocenters. The smallest absolute Gasteiger partial charge is 0.162 e. The van der Waals surface area contributed by atoms with Gasteiger partial charge in [0.2, 0.25) is 0 Å². The van der Waals surface area contributed by atoms with Crippen LogP contribution < -0.4 is 10.2 Å². The molecule has 0 spiro atoms. The first kappa shape index (κ1) is 18.1. The van der Waals surface area contributed by atoms with Crippen molar-refractivity contribution >= 4 is 38.9 Å². The summed E-state index contributed by atoms with van der Waals surface area (Å²) in [5, 5.41) is 5.27. The van der Waals surface area contributed by atoms with Crippen LogP contribution in [0.25, 0.3) is 22.3 Å². The van der Waals surface area contributed by atoms with E-state index in [4.69, 9.17) is 4.74 Å². The van der Waals surface area contributed by atoms with E-state index in [-0.39, 0.29) is 0 Å². The zero-order chi connectivity index (χ0) is 19.3. The van der Waals surface area contributed by atoms with Gasteiger partial charge in [-0.2, -0.15) is 5.10 Å². The van der Waals surface area contributed by atoms with Crippen molar-refractivity contribution in [2.75, 3.05) is 12.5 Å². The second-order valence-corrected chi connectivity index (χ2v) is 6.98. The Kier molecular flexibility index (Phi) is 5.30. The lowest BCUT2D eigenvalue weighted by atomic mass is 10.2. The largest absolute Gasteiger partial charge is 0.497 e. The molecule has 0 bridgehead atoms. The molecule has 1 heterocycles. The lowest BCUT2D eigenvalue weighted by molar-refractivity contribution is 0.415. The number of para-hydroxylation sites is 1. The van der Waals surface area contributed by atoms with Gasteiger partial charge >= 0.3 is 0 Å². The van der Waals surface area contributed by atoms with Gasteiger partial charge in [-0.25, -0.2) is 9.97 Å². The van der Waals surface area contributed by atoms with Crippen molar-refractivity contribution in [1.29, 1.82) is 0 Å². The number of halogens is 1. The Balaban J connectivity index is 1.66. The molecule has 1 aromatic heterocycles. The van der Waals surface area contributed by atoms with Crippen molar-refractivity contribution < 1.29 is 4.74 Å². The van der Waals surface area contributed by atoms with Crippen LogP contribution in [0.5, 0.6) is 5.75 Å². The van der Waals surface area contributed by atoms with Crippen molar-refractivity contribution in [1.82, 2.24) is 9.97 Å². The van der Waals surface area contributed by atoms with Gasteiger partial charge in [-0.1, -0.05) is 40.2 Å². The second kappa shape index (κ2) is 8.19. The van der Waals surface area contributed by atoms with Gasteiger partial charge in [0.1, 0.15) is 5.75 Å². The van der Waals surface area contributed by atoms with Crippen molar-refractivity contribution in [3.05, 3.63) is 82.8 Å². The summed E-state index contributed by atoms with van der Waals surface area (Å²) in [4.78, 5) is 9.38. The van der Waals surface area contributed by atoms with Gasteiger partial charge in [0.25, 0.3) is 0 Å². The molecule has 0 radical (unpaired) electrons. The van der Waals surface area contributed by atoms with E-state index in [1.165, 1.54) is 0 Å². The van der Waals surface area contributed by atoms with Crippen molar-refractivity contribution in [3.63, 3.8) is 0 Å². The minimum atomic E-state index is 0.647. The molecule has 4 rings (SSSR count). The van der Waals surface area contributed by atoms with Gasteiger partial charge < -0.3 is 4.74 Å². The third-order valence-electron chi connectivity index (χ3n) is 4.21. The quantitative estimate of drug-likeness (QED) is 0.333. The SMILES string of the molecule is COc1ccc(/C=N\Nc2nc(-c3ccc(Br)cc3)nc3ccccc23)cc1. The van der Waals surface area contributed by atoms with Crippen molar-refractivity contribution in [2.45, 2.75) is 0 Å². The lowest BCUT2D eigenvalue weighted by Crippen LogP contribution is -1.99. The minimum Gasteiger partial charge on any atom is -0.497 e. The van der Waals surface area contributed by atoms with E-state index in [1.54, 1.807) is 13.3 Å². The number of ether oxygens (including phenoxy) is 1. The van der Waals surface area contributed by atoms with Crippen LogP contribution in [-0.2, 0) is 0 Å². The zero-order valence-electron chi connectivity index (χ0n) is 15.1. The van der Waals surface area contributed by atoms with E-state index < -0.39 is 0 Å². The molecule has 6 heteroatoms. The second-order valence-electron chi connectivity index (χ2n) is 6.06. The maximum Gasteiger partial charge on any atom is 0.162 e. The molecule has 138 valence electrons. The molecular weight excluding hydrogens is 416 g/mol. The van der Waals surface area contributed by atoms with Gasteiger partial charge in [0.15, 0.2) is 11.6 Å². The van der Waals surface area contributed by atoms with E-state index in [0.717, 1.165) is 32.3 Å². The van der Waals surface area contributed by atoms with E-state index in [1.807, 2.05) is 72.8 Å². The highest BCUT2D eigenvalue weighted by atomic mass is 79.9. The van der Waals surface area contributed by atoms with Gasteiger partial charge in [0, 0.05) is 15.4 Å². The molecule has 4 aromatic rings. The molecule has 3 aromatic carbocycles. The fraction of sp³-hybridized carbons (Fsp3) is 0.0455. The summed E-state index contributed by atoms with van der Waals surface area (Å²) in [5.41, 5.74) is 5.82. The van der Waals surface area contributed by atoms with Crippen LogP contribution in [0.1, 0.15) is 5.56 Å². The van der Waals surface area contributed by atoms with Crippen LogP contribution in [0.2, 0.25) is 0 Å². The molecule has 0 aliphatic heterocycles. The minimum absolute atomic E-state index is 0.647. The fourth-order valence-electron chi connectivity index (χ4n) is 2.75. The number of rotatable bonds is 5. The molecule has 0 aliphatic carbocycles. The molecule has 0 aliphatic rings. The Morgan fingerprint density at radius 1 is 0.929 bits per heavy atom. The van der Waals surface area contributed by atoms with Crippen LogP contribution in [-0.4, -0.2) is 23.3 Å². The van der Waals surface area contributed by atoms with Gasteiger partial charge in [-0.3, -0.25) is 5.43 Å². The Bertz CT molecular complexity index is 1130. The first-order valence-corrected chi connectivity index (χ1v) is 9.48. The number of anilines is 1. The van der Waals surface area contributed by atoms with Gasteiger partial charge in [0.05, 0.1) is 18.8 Å². The number of nitrogens with zero attached hydrogens (tertiary/aromatic N) is 3. The van der Waals surface area contributed by atoms with Crippen LogP contribution in [0.15, 0.2) is 82.4 Å². The first-order valence-electron chi connectivity index (χ1n) is 8.69. The number of hydrazone groups is 1. The number of hydrogen-bond acceptors (Lipinski definition) is 5. The summed E-state index contributed by atoms with van der Waals surface area (Å²) < 4.78 is 6.19. The van der Waals surface area contributed by atoms with E-state index >= 15 is 0 Å². The Morgan fingerprint density at radius 3 is 2.43 bits per heavy atom. The Hall–Kier alpha value is -3.25.